The number of esters is 1. The molecule has 14 nitrogen and oxygen atoms in total. The van der Waals surface area contributed by atoms with Crippen molar-refractivity contribution in [2.75, 3.05) is 25.0 Å². The number of oxazole rings is 1. The van der Waals surface area contributed by atoms with E-state index in [4.69, 9.17) is 13.9 Å². The fourth-order valence-corrected chi connectivity index (χ4v) is 5.57. The highest BCUT2D eigenvalue weighted by atomic mass is 19.1. The number of amides is 3. The summed E-state index contributed by atoms with van der Waals surface area (Å²) in [5.41, 5.74) is 1.05. The van der Waals surface area contributed by atoms with Crippen LogP contribution in [-0.4, -0.2) is 92.8 Å². The van der Waals surface area contributed by atoms with Crippen LogP contribution in [0.25, 0.3) is 0 Å². The molecule has 3 amide bonds. The number of aliphatic hydroxyl groups is 1. The molecule has 4 heterocycles. The Morgan fingerprint density at radius 3 is 2.83 bits per heavy atom. The molecule has 15 heteroatoms. The lowest BCUT2D eigenvalue weighted by Gasteiger charge is -2.30. The van der Waals surface area contributed by atoms with E-state index in [0.717, 1.165) is 6.26 Å². The Morgan fingerprint density at radius 2 is 2.08 bits per heavy atom. The fraction of sp³-hybridized carbons (Fsp3) is 0.515. The van der Waals surface area contributed by atoms with Crippen LogP contribution in [0, 0.1) is 11.8 Å². The Hall–Kier alpha value is -4.79. The van der Waals surface area contributed by atoms with Crippen LogP contribution < -0.4 is 10.6 Å². The van der Waals surface area contributed by atoms with Crippen LogP contribution in [0.2, 0.25) is 0 Å². The molecule has 0 aliphatic carbocycles. The van der Waals surface area contributed by atoms with Gasteiger partial charge in [-0.15, -0.1) is 0 Å². The van der Waals surface area contributed by atoms with Crippen LogP contribution in [0.4, 0.5) is 14.9 Å². The number of cyclic esters (lactones) is 1. The molecule has 260 valence electrons. The number of aliphatic hydroxyl groups excluding tert-OH is 1. The highest BCUT2D eigenvalue weighted by Gasteiger charge is 2.39. The lowest BCUT2D eigenvalue weighted by molar-refractivity contribution is -0.159. The number of allylic oxidation sites excluding steroid dienone is 2. The first-order chi connectivity index (χ1) is 22.9. The quantitative estimate of drug-likeness (QED) is 0.409. The molecule has 2 bridgehead atoms. The van der Waals surface area contributed by atoms with E-state index in [-0.39, 0.29) is 44.1 Å². The molecule has 4 rings (SSSR count). The maximum Gasteiger partial charge on any atom is 0.411 e. The molecular weight excluding hydrogens is 627 g/mol. The summed E-state index contributed by atoms with van der Waals surface area (Å²) in [7, 11) is 1.71. The monoisotopic (exact) mass is 670 g/mol. The zero-order valence-electron chi connectivity index (χ0n) is 27.5. The number of rotatable bonds is 4. The van der Waals surface area contributed by atoms with Gasteiger partial charge in [-0.05, 0) is 25.8 Å². The first-order valence-corrected chi connectivity index (χ1v) is 15.9. The Kier molecular flexibility index (Phi) is 12.7. The molecule has 2 aromatic heterocycles. The standard InChI is InChI=1S/C33H43FN6O8/c1-20-7-5-11-35-28(42)10-9-21(2)30(22(3)18-47-33(45)37-24-16-36-39(4)17-24)48-32(44)27-8-6-12-40(27)31(43)26-19-46-29(38-26)15-23(34)14-25(41)13-20/h5,7,9-10,13,16-17,19,21-23,25,27,30,41H,6,8,11-12,14-15,18H2,1-4H3,(H,35,42)(H,37,45)/b7-5?,10-9+,20-13?/t21-,22+,23-,25-,27-,30+/m1/s1. The summed E-state index contributed by atoms with van der Waals surface area (Å²) in [6.45, 7) is 5.59. The van der Waals surface area contributed by atoms with E-state index in [0.29, 0.717) is 24.1 Å². The van der Waals surface area contributed by atoms with Gasteiger partial charge in [0.1, 0.15) is 24.6 Å². The van der Waals surface area contributed by atoms with Gasteiger partial charge >= 0.3 is 12.1 Å². The number of halogens is 1. The van der Waals surface area contributed by atoms with E-state index >= 15 is 0 Å². The zero-order chi connectivity index (χ0) is 34.8. The van der Waals surface area contributed by atoms with Crippen molar-refractivity contribution in [3.63, 3.8) is 0 Å². The lowest BCUT2D eigenvalue weighted by atomic mass is 9.93. The van der Waals surface area contributed by atoms with Crippen molar-refractivity contribution in [1.82, 2.24) is 25.0 Å². The summed E-state index contributed by atoms with van der Waals surface area (Å²) < 4.78 is 33.1. The van der Waals surface area contributed by atoms with Gasteiger partial charge in [0.05, 0.1) is 31.0 Å². The van der Waals surface area contributed by atoms with Gasteiger partial charge in [0.15, 0.2) is 11.6 Å². The third kappa shape index (κ3) is 10.4. The molecule has 6 atom stereocenters. The number of aromatic nitrogens is 3. The topological polar surface area (TPSA) is 178 Å². The second-order valence-corrected chi connectivity index (χ2v) is 12.2. The van der Waals surface area contributed by atoms with E-state index in [9.17, 15) is 28.7 Å². The third-order valence-electron chi connectivity index (χ3n) is 7.99. The summed E-state index contributed by atoms with van der Waals surface area (Å²) in [5, 5.41) is 19.6. The first kappa shape index (κ1) is 36.1. The van der Waals surface area contributed by atoms with E-state index < -0.39 is 60.1 Å². The van der Waals surface area contributed by atoms with E-state index in [2.05, 4.69) is 20.7 Å². The molecule has 1 fully saturated rings. The van der Waals surface area contributed by atoms with Crippen molar-refractivity contribution in [2.45, 2.75) is 70.9 Å². The predicted molar refractivity (Wildman–Crippen MR) is 171 cm³/mol. The number of ether oxygens (including phenoxy) is 2. The Bertz CT molecular complexity index is 1530. The molecular formula is C33H43FN6O8. The highest BCUT2D eigenvalue weighted by molar-refractivity contribution is 5.95. The Morgan fingerprint density at radius 1 is 1.29 bits per heavy atom. The van der Waals surface area contributed by atoms with Crippen molar-refractivity contribution in [2.24, 2.45) is 18.9 Å². The predicted octanol–water partition coefficient (Wildman–Crippen LogP) is 3.27. The van der Waals surface area contributed by atoms with Crippen molar-refractivity contribution in [1.29, 1.82) is 0 Å². The number of nitrogens with zero attached hydrogens (tertiary/aromatic N) is 4. The van der Waals surface area contributed by atoms with Gasteiger partial charge in [0.25, 0.3) is 5.91 Å². The SMILES string of the molecule is CC1=C[C@@H](O)C[C@@H](F)Cc2nc(co2)C(=O)N2CCC[C@@H]2C(=O)O[C@H]([C@@H](C)COC(=O)Nc2cnn(C)c2)[C@H](C)/C=C/C(=O)NCC=C1. The summed E-state index contributed by atoms with van der Waals surface area (Å²) in [6, 6.07) is -0.922. The second-order valence-electron chi connectivity index (χ2n) is 12.2. The molecule has 2 aliphatic rings. The van der Waals surface area contributed by atoms with Gasteiger partial charge in [0.2, 0.25) is 5.91 Å². The van der Waals surface area contributed by atoms with Crippen LogP contribution in [0.1, 0.15) is 56.4 Å². The summed E-state index contributed by atoms with van der Waals surface area (Å²) in [5.74, 6) is -2.63. The lowest BCUT2D eigenvalue weighted by Crippen LogP contribution is -2.44. The maximum atomic E-state index is 14.8. The number of nitrogens with one attached hydrogen (secondary N) is 2. The number of carbonyl (C=O) groups excluding carboxylic acids is 4. The summed E-state index contributed by atoms with van der Waals surface area (Å²) >= 11 is 0. The Labute approximate surface area is 278 Å². The van der Waals surface area contributed by atoms with Crippen LogP contribution in [0.5, 0.6) is 0 Å². The van der Waals surface area contributed by atoms with Gasteiger partial charge in [-0.3, -0.25) is 19.6 Å². The molecule has 0 radical (unpaired) electrons. The van der Waals surface area contributed by atoms with E-state index in [1.54, 1.807) is 52.2 Å². The molecule has 2 aliphatic heterocycles. The number of carbonyl (C=O) groups is 4. The normalized spacial score (nSPS) is 26.1. The van der Waals surface area contributed by atoms with Crippen LogP contribution in [0.3, 0.4) is 0 Å². The fourth-order valence-electron chi connectivity index (χ4n) is 5.57. The molecule has 0 spiro atoms. The molecule has 0 unspecified atom stereocenters. The average Bonchev–Trinajstić information content (AvgIpc) is 3.80. The largest absolute Gasteiger partial charge is 0.460 e. The molecule has 48 heavy (non-hydrogen) atoms. The van der Waals surface area contributed by atoms with E-state index in [1.807, 2.05) is 0 Å². The van der Waals surface area contributed by atoms with Crippen molar-refractivity contribution < 1.29 is 42.6 Å². The molecule has 2 aromatic rings. The summed E-state index contributed by atoms with van der Waals surface area (Å²) in [6.07, 6.45) is 8.31. The van der Waals surface area contributed by atoms with Gasteiger partial charge < -0.3 is 29.2 Å². The van der Waals surface area contributed by atoms with Crippen LogP contribution >= 0.6 is 0 Å². The van der Waals surface area contributed by atoms with Crippen molar-refractivity contribution >= 4 is 29.6 Å². The number of fused-ring (bicyclic) bond motifs is 3. The van der Waals surface area contributed by atoms with E-state index in [1.165, 1.54) is 27.9 Å². The molecule has 0 aromatic carbocycles. The average molecular weight is 671 g/mol. The molecule has 3 N–H and O–H groups in total. The molecule has 0 saturated carbocycles. The third-order valence-corrected chi connectivity index (χ3v) is 7.99. The van der Waals surface area contributed by atoms with Gasteiger partial charge in [0, 0.05) is 44.6 Å². The first-order valence-electron chi connectivity index (χ1n) is 15.9. The smallest absolute Gasteiger partial charge is 0.411 e. The van der Waals surface area contributed by atoms with Gasteiger partial charge in [-0.25, -0.2) is 19.0 Å². The minimum Gasteiger partial charge on any atom is -0.460 e. The van der Waals surface area contributed by atoms with Gasteiger partial charge in [-0.2, -0.15) is 5.10 Å². The number of hydrogen-bond donors (Lipinski definition) is 3. The minimum absolute atomic E-state index is 0.00633. The van der Waals surface area contributed by atoms with Crippen LogP contribution in [0.15, 0.2) is 59.0 Å². The molecule has 1 saturated heterocycles. The van der Waals surface area contributed by atoms with Crippen molar-refractivity contribution in [3.05, 3.63) is 66.2 Å². The number of anilines is 1. The Balaban J connectivity index is 1.54. The maximum absolute atomic E-state index is 14.8. The number of hydrogen-bond acceptors (Lipinski definition) is 10. The van der Waals surface area contributed by atoms with Crippen LogP contribution in [-0.2, 0) is 32.5 Å². The number of alkyl halides is 1. The van der Waals surface area contributed by atoms with Gasteiger partial charge in [-0.1, -0.05) is 43.7 Å². The number of aryl methyl sites for hydroxylation is 1. The summed E-state index contributed by atoms with van der Waals surface area (Å²) in [4.78, 5) is 57.5. The van der Waals surface area contributed by atoms with Crippen molar-refractivity contribution in [3.8, 4) is 0 Å². The zero-order valence-corrected chi connectivity index (χ0v) is 27.5. The highest BCUT2D eigenvalue weighted by Crippen LogP contribution is 2.26. The second kappa shape index (κ2) is 16.9. The minimum atomic E-state index is -1.50.